The Hall–Kier alpha value is -1.01. The maximum Gasteiger partial charge on any atom is 0.311 e. The molecule has 0 aromatic heterocycles. The Morgan fingerprint density at radius 1 is 1.08 bits per heavy atom. The molecule has 2 aliphatic heterocycles. The Balaban J connectivity index is 2.51. The van der Waals surface area contributed by atoms with E-state index < -0.39 is 96.0 Å². The second-order valence-electron chi connectivity index (χ2n) is 15.5. The lowest BCUT2D eigenvalue weighted by atomic mass is 9.81. The molecule has 2 heterocycles. The average molecular weight is 709 g/mol. The van der Waals surface area contributed by atoms with E-state index in [1.807, 2.05) is 6.92 Å². The van der Waals surface area contributed by atoms with Crippen LogP contribution in [-0.2, 0) is 33.2 Å². The van der Waals surface area contributed by atoms with Crippen molar-refractivity contribution in [1.82, 2.24) is 10.2 Å². The highest BCUT2D eigenvalue weighted by atomic mass is 16.7. The fourth-order valence-electron chi connectivity index (χ4n) is 7.13. The molecule has 2 aliphatic rings. The van der Waals surface area contributed by atoms with Crippen LogP contribution in [0.3, 0.4) is 0 Å². The molecule has 0 aromatic carbocycles. The molecule has 2 saturated heterocycles. The molecule has 290 valence electrons. The molecule has 0 saturated carbocycles. The van der Waals surface area contributed by atoms with Gasteiger partial charge in [-0.2, -0.15) is 0 Å². The van der Waals surface area contributed by atoms with Crippen LogP contribution in [0.1, 0.15) is 88.5 Å². The topological polar surface area (TPSA) is 189 Å². The van der Waals surface area contributed by atoms with Crippen molar-refractivity contribution in [2.75, 3.05) is 28.3 Å². The molecule has 0 unspecified atom stereocenters. The lowest BCUT2D eigenvalue weighted by Gasteiger charge is -2.47. The quantitative estimate of drug-likeness (QED) is 0.118. The van der Waals surface area contributed by atoms with Gasteiger partial charge in [0.2, 0.25) is 0 Å². The van der Waals surface area contributed by atoms with Crippen molar-refractivity contribution in [3.63, 3.8) is 0 Å². The van der Waals surface area contributed by atoms with E-state index in [2.05, 4.69) is 5.32 Å². The Bertz CT molecular complexity index is 1030. The zero-order valence-corrected chi connectivity index (χ0v) is 32.2. The van der Waals surface area contributed by atoms with Gasteiger partial charge in [0.15, 0.2) is 12.6 Å². The predicted octanol–water partition coefficient (Wildman–Crippen LogP) is 1.17. The number of likely N-dealkylation sites (N-methyl/N-ethyl adjacent to an activating group) is 2. The summed E-state index contributed by atoms with van der Waals surface area (Å²) in [5.74, 6) is -2.47. The van der Waals surface area contributed by atoms with E-state index in [4.69, 9.17) is 28.4 Å². The molecule has 0 aromatic rings. The van der Waals surface area contributed by atoms with Crippen LogP contribution in [0.4, 0.5) is 0 Å². The van der Waals surface area contributed by atoms with Gasteiger partial charge in [-0.15, -0.1) is 0 Å². The summed E-state index contributed by atoms with van der Waals surface area (Å²) in [6, 6.07) is -0.758. The maximum absolute atomic E-state index is 14.0. The van der Waals surface area contributed by atoms with Gasteiger partial charge < -0.3 is 64.2 Å². The summed E-state index contributed by atoms with van der Waals surface area (Å²) in [5.41, 5.74) is -4.32. The minimum Gasteiger partial charge on any atom is -0.459 e. The smallest absolute Gasteiger partial charge is 0.311 e. The summed E-state index contributed by atoms with van der Waals surface area (Å²) in [6.45, 7) is 16.8. The van der Waals surface area contributed by atoms with Gasteiger partial charge in [-0.1, -0.05) is 13.8 Å². The van der Waals surface area contributed by atoms with Crippen LogP contribution in [0, 0.1) is 11.8 Å². The number of rotatable bonds is 17. The van der Waals surface area contributed by atoms with Crippen LogP contribution in [0.25, 0.3) is 0 Å². The van der Waals surface area contributed by atoms with Crippen molar-refractivity contribution in [2.24, 2.45) is 11.8 Å². The van der Waals surface area contributed by atoms with Crippen molar-refractivity contribution in [3.05, 3.63) is 0 Å². The number of methoxy groups -OCH3 is 1. The third-order valence-electron chi connectivity index (χ3n) is 10.8. The molecule has 6 N–H and O–H groups in total. The minimum absolute atomic E-state index is 0.126. The minimum atomic E-state index is -1.79. The van der Waals surface area contributed by atoms with E-state index in [-0.39, 0.29) is 25.0 Å². The van der Waals surface area contributed by atoms with Crippen LogP contribution < -0.4 is 5.32 Å². The van der Waals surface area contributed by atoms with Crippen LogP contribution in [0.15, 0.2) is 0 Å². The summed E-state index contributed by atoms with van der Waals surface area (Å²) in [4.78, 5) is 15.8. The lowest BCUT2D eigenvalue weighted by Crippen LogP contribution is -2.60. The van der Waals surface area contributed by atoms with Gasteiger partial charge in [0, 0.05) is 31.5 Å². The Labute approximate surface area is 293 Å². The number of carbonyl (C=O) groups excluding carboxylic acids is 1. The van der Waals surface area contributed by atoms with Gasteiger partial charge in [-0.05, 0) is 89.4 Å². The van der Waals surface area contributed by atoms with Gasteiger partial charge in [0.25, 0.3) is 0 Å². The van der Waals surface area contributed by atoms with E-state index in [9.17, 15) is 30.3 Å². The van der Waals surface area contributed by atoms with E-state index in [1.54, 1.807) is 81.4 Å². The molecule has 2 fully saturated rings. The molecule has 2 rings (SSSR count). The maximum atomic E-state index is 14.0. The number of carbonyl (C=O) groups is 1. The van der Waals surface area contributed by atoms with Gasteiger partial charge in [0.1, 0.15) is 30.0 Å². The molecule has 0 aliphatic carbocycles. The monoisotopic (exact) mass is 708 g/mol. The molecule has 16 atom stereocenters. The first-order valence-corrected chi connectivity index (χ1v) is 17.7. The summed E-state index contributed by atoms with van der Waals surface area (Å²) in [6.07, 6.45) is -8.42. The molecule has 0 amide bonds. The van der Waals surface area contributed by atoms with E-state index in [0.717, 1.165) is 0 Å². The molecule has 0 radical (unpaired) electrons. The highest BCUT2D eigenvalue weighted by molar-refractivity contribution is 5.73. The average Bonchev–Trinajstić information content (AvgIpc) is 3.02. The van der Waals surface area contributed by atoms with Gasteiger partial charge >= 0.3 is 5.97 Å². The highest BCUT2D eigenvalue weighted by Crippen LogP contribution is 2.38. The molecule has 49 heavy (non-hydrogen) atoms. The Morgan fingerprint density at radius 2 is 1.67 bits per heavy atom. The summed E-state index contributed by atoms with van der Waals surface area (Å²) in [5, 5.41) is 59.0. The zero-order chi connectivity index (χ0) is 37.8. The second-order valence-corrected chi connectivity index (χ2v) is 15.5. The number of hydrogen-bond donors (Lipinski definition) is 6. The van der Waals surface area contributed by atoms with Crippen LogP contribution in [-0.4, -0.2) is 155 Å². The standard InChI is InChI=1S/C35H68N2O12/c1-15-24(35(10,43)28(39)21(5)37(12)13)47-31(41)20(4)27(48-25-17-34(9,44-14)29(40)22(6)46-25)19(3)30(33(7,8)42)49-32-26(38)23(36-11)16-18(2)45-32/h18-30,32,36,38-40,42-43H,15-17H2,1-14H3/t18-,19+,20-,21-,22+,23+,24-,25+,26-,27+,28-,29+,30-,32+,34-,35-/m1/s1. The number of esters is 1. The molecular formula is C35H68N2O12. The largest absolute Gasteiger partial charge is 0.459 e. The number of nitrogens with one attached hydrogen (secondary N) is 1. The lowest BCUT2D eigenvalue weighted by molar-refractivity contribution is -0.314. The first kappa shape index (κ1) is 44.2. The van der Waals surface area contributed by atoms with Crippen LogP contribution in [0.5, 0.6) is 0 Å². The van der Waals surface area contributed by atoms with E-state index >= 15 is 0 Å². The third kappa shape index (κ3) is 10.5. The number of aliphatic hydroxyl groups is 5. The summed E-state index contributed by atoms with van der Waals surface area (Å²) in [7, 11) is 6.80. The van der Waals surface area contributed by atoms with Crippen molar-refractivity contribution in [1.29, 1.82) is 0 Å². The SMILES string of the molecule is CC[C@@H](OC(=O)[C@H](C)[C@@H](O[C@H]1C[C@@](C)(OC)[C@@H](O)[C@H](C)O1)[C@H](C)[C@@H](O[C@@H]1O[C@H](C)C[C@H](NC)[C@H]1O)C(C)(C)O)[C@@](C)(O)[C@H](O)[C@@H](C)N(C)C. The molecule has 14 nitrogen and oxygen atoms in total. The van der Waals surface area contributed by atoms with Crippen LogP contribution >= 0.6 is 0 Å². The van der Waals surface area contributed by atoms with Crippen molar-refractivity contribution < 1.29 is 58.7 Å². The summed E-state index contributed by atoms with van der Waals surface area (Å²) < 4.78 is 36.7. The van der Waals surface area contributed by atoms with Gasteiger partial charge in [-0.25, -0.2) is 0 Å². The van der Waals surface area contributed by atoms with Gasteiger partial charge in [-0.3, -0.25) is 4.79 Å². The molecule has 0 bridgehead atoms. The zero-order valence-electron chi connectivity index (χ0n) is 32.2. The Morgan fingerprint density at radius 3 is 2.16 bits per heavy atom. The predicted molar refractivity (Wildman–Crippen MR) is 183 cm³/mol. The number of hydrogen-bond acceptors (Lipinski definition) is 14. The van der Waals surface area contributed by atoms with Crippen molar-refractivity contribution >= 4 is 5.97 Å². The normalized spacial score (nSPS) is 35.5. The highest BCUT2D eigenvalue weighted by Gasteiger charge is 2.51. The van der Waals surface area contributed by atoms with Crippen molar-refractivity contribution in [2.45, 2.75) is 179 Å². The van der Waals surface area contributed by atoms with E-state index in [0.29, 0.717) is 6.42 Å². The van der Waals surface area contributed by atoms with Gasteiger partial charge in [0.05, 0.1) is 41.5 Å². The van der Waals surface area contributed by atoms with Crippen molar-refractivity contribution in [3.8, 4) is 0 Å². The number of ether oxygens (including phenoxy) is 6. The Kier molecular flexibility index (Phi) is 15.9. The van der Waals surface area contributed by atoms with Crippen LogP contribution in [0.2, 0.25) is 0 Å². The molecule has 0 spiro atoms. The number of nitrogens with zero attached hydrogens (tertiary/aromatic N) is 1. The first-order valence-electron chi connectivity index (χ1n) is 17.7. The first-order chi connectivity index (χ1) is 22.5. The number of aliphatic hydroxyl groups excluding tert-OH is 3. The van der Waals surface area contributed by atoms with E-state index in [1.165, 1.54) is 14.0 Å². The molecular weight excluding hydrogens is 640 g/mol. The molecule has 14 heteroatoms. The second kappa shape index (κ2) is 17.7. The fraction of sp³-hybridized carbons (Fsp3) is 0.971. The fourth-order valence-corrected chi connectivity index (χ4v) is 7.13. The third-order valence-corrected chi connectivity index (χ3v) is 10.8. The summed E-state index contributed by atoms with van der Waals surface area (Å²) >= 11 is 0.